The molecule has 0 amide bonds. The molecule has 4 rings (SSSR count). The lowest BCUT2D eigenvalue weighted by Gasteiger charge is -2.37. The van der Waals surface area contributed by atoms with Gasteiger partial charge in [0.05, 0.1) is 6.10 Å². The molecule has 0 aliphatic heterocycles. The first-order valence-corrected chi connectivity index (χ1v) is 10.5. The Balaban J connectivity index is 1.44. The van der Waals surface area contributed by atoms with Gasteiger partial charge in [-0.3, -0.25) is 0 Å². The highest BCUT2D eigenvalue weighted by atomic mass is 19.2. The standard InChI is InChI=1S/C24H26F4O/c25-21-11-17(7-10-20(21)18-12-22(26)24(28)23(27)13-18)16-3-1-14(2-4-16)15-5-8-19(29)9-6-15/h7,10-16,19,29H,1-6,8-9H2. The van der Waals surface area contributed by atoms with Crippen LogP contribution in [0.25, 0.3) is 11.1 Å². The second-order valence-corrected chi connectivity index (χ2v) is 8.67. The zero-order valence-electron chi connectivity index (χ0n) is 16.3. The number of rotatable bonds is 3. The van der Waals surface area contributed by atoms with Crippen molar-refractivity contribution in [2.45, 2.75) is 63.4 Å². The Hall–Kier alpha value is -1.88. The van der Waals surface area contributed by atoms with Gasteiger partial charge in [0.15, 0.2) is 17.5 Å². The Morgan fingerprint density at radius 1 is 0.655 bits per heavy atom. The van der Waals surface area contributed by atoms with Crippen LogP contribution in [0.2, 0.25) is 0 Å². The summed E-state index contributed by atoms with van der Waals surface area (Å²) in [6.45, 7) is 0. The van der Waals surface area contributed by atoms with E-state index < -0.39 is 23.3 Å². The Labute approximate surface area is 168 Å². The summed E-state index contributed by atoms with van der Waals surface area (Å²) in [4.78, 5) is 0. The number of hydrogen-bond donors (Lipinski definition) is 1. The fourth-order valence-corrected chi connectivity index (χ4v) is 5.23. The summed E-state index contributed by atoms with van der Waals surface area (Å²) in [5, 5.41) is 9.69. The maximum atomic E-state index is 14.7. The van der Waals surface area contributed by atoms with Crippen LogP contribution in [0.15, 0.2) is 30.3 Å². The van der Waals surface area contributed by atoms with Gasteiger partial charge in [0.1, 0.15) is 5.82 Å². The van der Waals surface area contributed by atoms with Crippen molar-refractivity contribution in [2.75, 3.05) is 0 Å². The zero-order chi connectivity index (χ0) is 20.5. The maximum absolute atomic E-state index is 14.7. The molecule has 29 heavy (non-hydrogen) atoms. The summed E-state index contributed by atoms with van der Waals surface area (Å²) >= 11 is 0. The first-order valence-electron chi connectivity index (χ1n) is 10.5. The second kappa shape index (κ2) is 8.47. The molecule has 1 N–H and O–H groups in total. The number of aliphatic hydroxyl groups excluding tert-OH is 1. The lowest BCUT2D eigenvalue weighted by Crippen LogP contribution is -2.27. The predicted molar refractivity (Wildman–Crippen MR) is 104 cm³/mol. The minimum absolute atomic E-state index is 0.00588. The summed E-state index contributed by atoms with van der Waals surface area (Å²) < 4.78 is 54.8. The third kappa shape index (κ3) is 4.35. The molecule has 2 saturated carbocycles. The third-order valence-corrected chi connectivity index (χ3v) is 6.94. The fourth-order valence-electron chi connectivity index (χ4n) is 5.23. The summed E-state index contributed by atoms with van der Waals surface area (Å²) in [6, 6.07) is 6.45. The summed E-state index contributed by atoms with van der Waals surface area (Å²) in [7, 11) is 0. The van der Waals surface area contributed by atoms with E-state index in [9.17, 15) is 22.7 Å². The summed E-state index contributed by atoms with van der Waals surface area (Å²) in [5.41, 5.74) is 0.974. The summed E-state index contributed by atoms with van der Waals surface area (Å²) in [6.07, 6.45) is 8.11. The van der Waals surface area contributed by atoms with E-state index in [1.807, 2.05) is 6.07 Å². The lowest BCUT2D eigenvalue weighted by molar-refractivity contribution is 0.0805. The van der Waals surface area contributed by atoms with E-state index in [4.69, 9.17) is 0 Å². The van der Waals surface area contributed by atoms with Gasteiger partial charge in [-0.1, -0.05) is 12.1 Å². The van der Waals surface area contributed by atoms with Gasteiger partial charge in [0, 0.05) is 5.56 Å². The Morgan fingerprint density at radius 3 is 1.76 bits per heavy atom. The third-order valence-electron chi connectivity index (χ3n) is 6.94. The number of hydrogen-bond acceptors (Lipinski definition) is 1. The molecule has 2 aliphatic carbocycles. The monoisotopic (exact) mass is 406 g/mol. The highest BCUT2D eigenvalue weighted by Gasteiger charge is 2.31. The molecule has 0 bridgehead atoms. The zero-order valence-corrected chi connectivity index (χ0v) is 16.3. The minimum atomic E-state index is -1.55. The van der Waals surface area contributed by atoms with Crippen LogP contribution in [0.4, 0.5) is 17.6 Å². The largest absolute Gasteiger partial charge is 0.393 e. The number of benzene rings is 2. The molecule has 0 unspecified atom stereocenters. The normalized spacial score (nSPS) is 27.8. The van der Waals surface area contributed by atoms with Gasteiger partial charge in [0.2, 0.25) is 0 Å². The van der Waals surface area contributed by atoms with Crippen molar-refractivity contribution in [1.82, 2.24) is 0 Å². The SMILES string of the molecule is OC1CCC(C2CCC(c3ccc(-c4cc(F)c(F)c(F)c4)c(F)c3)CC2)CC1. The average Bonchev–Trinajstić information content (AvgIpc) is 2.72. The first kappa shape index (κ1) is 20.4. The highest BCUT2D eigenvalue weighted by molar-refractivity contribution is 5.65. The van der Waals surface area contributed by atoms with E-state index in [1.165, 1.54) is 12.1 Å². The Kier molecular flexibility index (Phi) is 5.95. The van der Waals surface area contributed by atoms with Crippen LogP contribution in [0.3, 0.4) is 0 Å². The average molecular weight is 406 g/mol. The second-order valence-electron chi connectivity index (χ2n) is 8.67. The van der Waals surface area contributed by atoms with Gasteiger partial charge in [-0.15, -0.1) is 0 Å². The predicted octanol–water partition coefficient (Wildman–Crippen LogP) is 6.73. The molecule has 5 heteroatoms. The van der Waals surface area contributed by atoms with Gasteiger partial charge in [-0.05, 0) is 98.4 Å². The van der Waals surface area contributed by atoms with Crippen LogP contribution in [0, 0.1) is 35.1 Å². The van der Waals surface area contributed by atoms with Gasteiger partial charge in [-0.25, -0.2) is 17.6 Å². The molecule has 2 aromatic carbocycles. The Bertz CT molecular complexity index is 842. The van der Waals surface area contributed by atoms with Crippen LogP contribution >= 0.6 is 0 Å². The van der Waals surface area contributed by atoms with Crippen LogP contribution in [-0.4, -0.2) is 11.2 Å². The summed E-state index contributed by atoms with van der Waals surface area (Å²) in [5.74, 6) is -3.07. The van der Waals surface area contributed by atoms with Crippen molar-refractivity contribution >= 4 is 0 Å². The molecular weight excluding hydrogens is 380 g/mol. The van der Waals surface area contributed by atoms with E-state index in [0.717, 1.165) is 69.1 Å². The van der Waals surface area contributed by atoms with Crippen LogP contribution in [0.1, 0.15) is 62.8 Å². The Morgan fingerprint density at radius 2 is 1.21 bits per heavy atom. The quantitative estimate of drug-likeness (QED) is 0.442. The van der Waals surface area contributed by atoms with Crippen molar-refractivity contribution in [3.05, 3.63) is 59.2 Å². The maximum Gasteiger partial charge on any atom is 0.194 e. The van der Waals surface area contributed by atoms with Gasteiger partial charge in [0.25, 0.3) is 0 Å². The van der Waals surface area contributed by atoms with Crippen LogP contribution in [-0.2, 0) is 0 Å². The van der Waals surface area contributed by atoms with E-state index in [1.54, 1.807) is 0 Å². The van der Waals surface area contributed by atoms with Crippen molar-refractivity contribution in [3.8, 4) is 11.1 Å². The lowest BCUT2D eigenvalue weighted by atomic mass is 9.69. The molecule has 0 radical (unpaired) electrons. The van der Waals surface area contributed by atoms with E-state index >= 15 is 0 Å². The fraction of sp³-hybridized carbons (Fsp3) is 0.500. The van der Waals surface area contributed by atoms with Gasteiger partial charge >= 0.3 is 0 Å². The molecule has 156 valence electrons. The molecule has 0 saturated heterocycles. The van der Waals surface area contributed by atoms with Crippen molar-refractivity contribution < 1.29 is 22.7 Å². The molecule has 2 aliphatic rings. The number of aliphatic hydroxyl groups is 1. The number of halogens is 4. The van der Waals surface area contributed by atoms with Gasteiger partial charge < -0.3 is 5.11 Å². The molecule has 0 heterocycles. The van der Waals surface area contributed by atoms with Crippen LogP contribution in [0.5, 0.6) is 0 Å². The van der Waals surface area contributed by atoms with Crippen LogP contribution < -0.4 is 0 Å². The van der Waals surface area contributed by atoms with Crippen molar-refractivity contribution in [2.24, 2.45) is 11.8 Å². The molecule has 2 aromatic rings. The van der Waals surface area contributed by atoms with E-state index in [-0.39, 0.29) is 23.1 Å². The molecule has 0 aromatic heterocycles. The first-order chi connectivity index (χ1) is 13.9. The van der Waals surface area contributed by atoms with Crippen molar-refractivity contribution in [1.29, 1.82) is 0 Å². The molecule has 1 nitrogen and oxygen atoms in total. The molecule has 0 spiro atoms. The smallest absolute Gasteiger partial charge is 0.194 e. The molecular formula is C24H26F4O. The van der Waals surface area contributed by atoms with Crippen molar-refractivity contribution in [3.63, 3.8) is 0 Å². The molecule has 0 atom stereocenters. The van der Waals surface area contributed by atoms with E-state index in [0.29, 0.717) is 11.8 Å². The van der Waals surface area contributed by atoms with Gasteiger partial charge in [-0.2, -0.15) is 0 Å². The topological polar surface area (TPSA) is 20.2 Å². The minimum Gasteiger partial charge on any atom is -0.393 e. The highest BCUT2D eigenvalue weighted by Crippen LogP contribution is 2.43. The molecule has 2 fully saturated rings. The van der Waals surface area contributed by atoms with E-state index in [2.05, 4.69) is 0 Å².